The van der Waals surface area contributed by atoms with E-state index in [2.05, 4.69) is 32.2 Å². The van der Waals surface area contributed by atoms with Gasteiger partial charge in [0.25, 0.3) is 5.91 Å². The summed E-state index contributed by atoms with van der Waals surface area (Å²) in [7, 11) is 0. The van der Waals surface area contributed by atoms with Crippen LogP contribution in [0.1, 0.15) is 52.0 Å². The van der Waals surface area contributed by atoms with Crippen LogP contribution in [0.5, 0.6) is 11.5 Å². The Balaban J connectivity index is 1.57. The largest absolute Gasteiger partial charge is 0.483 e. The lowest BCUT2D eigenvalue weighted by atomic mass is 9.86. The van der Waals surface area contributed by atoms with Gasteiger partial charge in [-0.2, -0.15) is 0 Å². The Bertz CT molecular complexity index is 582. The Hall–Kier alpha value is -1.71. The molecule has 1 aromatic rings. The predicted molar refractivity (Wildman–Crippen MR) is 89.9 cm³/mol. The van der Waals surface area contributed by atoms with Gasteiger partial charge >= 0.3 is 0 Å². The summed E-state index contributed by atoms with van der Waals surface area (Å²) in [5, 5.41) is 3.12. The van der Waals surface area contributed by atoms with E-state index < -0.39 is 0 Å². The lowest BCUT2D eigenvalue weighted by molar-refractivity contribution is -0.124. The van der Waals surface area contributed by atoms with Gasteiger partial charge in [0.1, 0.15) is 5.60 Å². The predicted octanol–water partition coefficient (Wildman–Crippen LogP) is 3.47. The van der Waals surface area contributed by atoms with Gasteiger partial charge < -0.3 is 14.8 Å². The number of hydrogen-bond acceptors (Lipinski definition) is 3. The molecule has 23 heavy (non-hydrogen) atoms. The number of carbonyl (C=O) groups excluding carboxylic acids is 1. The highest BCUT2D eigenvalue weighted by molar-refractivity contribution is 5.78. The Morgan fingerprint density at radius 3 is 2.91 bits per heavy atom. The molecule has 0 aromatic heterocycles. The van der Waals surface area contributed by atoms with Crippen LogP contribution in [0.3, 0.4) is 0 Å². The molecular formula is C19H27NO3. The number of rotatable bonds is 4. The standard InChI is InChI=1S/C19H27NO3/c1-13-7-4-5-9-15(13)20-17(21)12-22-16-10-6-8-14-11-19(2,3)23-18(14)16/h6,8,10,13,15H,4-5,7,9,11-12H2,1-3H3,(H,20,21). The minimum absolute atomic E-state index is 0.0430. The first-order valence-electron chi connectivity index (χ1n) is 8.68. The summed E-state index contributed by atoms with van der Waals surface area (Å²) in [5.74, 6) is 1.97. The highest BCUT2D eigenvalue weighted by Crippen LogP contribution is 2.41. The zero-order valence-electron chi connectivity index (χ0n) is 14.4. The second-order valence-corrected chi connectivity index (χ2v) is 7.51. The molecule has 0 spiro atoms. The van der Waals surface area contributed by atoms with Crippen LogP contribution in [0, 0.1) is 5.92 Å². The molecule has 4 nitrogen and oxygen atoms in total. The Labute approximate surface area is 138 Å². The van der Waals surface area contributed by atoms with Crippen molar-refractivity contribution in [3.63, 3.8) is 0 Å². The summed E-state index contributed by atoms with van der Waals surface area (Å²) >= 11 is 0. The molecule has 2 aliphatic rings. The van der Waals surface area contributed by atoms with E-state index >= 15 is 0 Å². The molecule has 3 rings (SSSR count). The summed E-state index contributed by atoms with van der Waals surface area (Å²) < 4.78 is 11.7. The van der Waals surface area contributed by atoms with Crippen LogP contribution in [0.2, 0.25) is 0 Å². The van der Waals surface area contributed by atoms with E-state index in [4.69, 9.17) is 9.47 Å². The van der Waals surface area contributed by atoms with Crippen molar-refractivity contribution in [1.82, 2.24) is 5.32 Å². The molecule has 0 radical (unpaired) electrons. The van der Waals surface area contributed by atoms with Gasteiger partial charge in [-0.1, -0.05) is 31.9 Å². The van der Waals surface area contributed by atoms with E-state index in [9.17, 15) is 4.79 Å². The zero-order chi connectivity index (χ0) is 16.4. The molecule has 4 heteroatoms. The molecule has 1 aliphatic heterocycles. The van der Waals surface area contributed by atoms with Crippen LogP contribution in [-0.2, 0) is 11.2 Å². The quantitative estimate of drug-likeness (QED) is 0.925. The van der Waals surface area contributed by atoms with E-state index in [0.717, 1.165) is 24.2 Å². The van der Waals surface area contributed by atoms with Crippen molar-refractivity contribution in [2.75, 3.05) is 6.61 Å². The number of ether oxygens (including phenoxy) is 2. The van der Waals surface area contributed by atoms with E-state index in [0.29, 0.717) is 11.7 Å². The van der Waals surface area contributed by atoms with Crippen LogP contribution in [0.15, 0.2) is 18.2 Å². The number of fused-ring (bicyclic) bond motifs is 1. The monoisotopic (exact) mass is 317 g/mol. The fourth-order valence-electron chi connectivity index (χ4n) is 3.62. The van der Waals surface area contributed by atoms with Crippen molar-refractivity contribution >= 4 is 5.91 Å². The second kappa shape index (κ2) is 6.42. The molecule has 0 bridgehead atoms. The third-order valence-corrected chi connectivity index (χ3v) is 4.87. The Morgan fingerprint density at radius 1 is 1.35 bits per heavy atom. The number of carbonyl (C=O) groups is 1. The summed E-state index contributed by atoms with van der Waals surface area (Å²) in [6, 6.07) is 6.17. The van der Waals surface area contributed by atoms with Crippen LogP contribution in [0.25, 0.3) is 0 Å². The lowest BCUT2D eigenvalue weighted by Gasteiger charge is -2.29. The summed E-state index contributed by atoms with van der Waals surface area (Å²) in [5.41, 5.74) is 0.940. The molecule has 2 unspecified atom stereocenters. The normalized spacial score (nSPS) is 25.3. The maximum atomic E-state index is 12.2. The van der Waals surface area contributed by atoms with E-state index in [1.54, 1.807) is 0 Å². The number of benzene rings is 1. The lowest BCUT2D eigenvalue weighted by Crippen LogP contribution is -2.43. The molecule has 1 heterocycles. The summed E-state index contributed by atoms with van der Waals surface area (Å²) in [6.45, 7) is 6.39. The zero-order valence-corrected chi connectivity index (χ0v) is 14.4. The van der Waals surface area contributed by atoms with Crippen molar-refractivity contribution in [2.45, 2.75) is 64.5 Å². The second-order valence-electron chi connectivity index (χ2n) is 7.51. The molecule has 1 aliphatic carbocycles. The SMILES string of the molecule is CC1CCCCC1NC(=O)COc1cccc2c1OC(C)(C)C2. The highest BCUT2D eigenvalue weighted by atomic mass is 16.5. The first-order valence-corrected chi connectivity index (χ1v) is 8.68. The molecule has 2 atom stereocenters. The fourth-order valence-corrected chi connectivity index (χ4v) is 3.62. The number of hydrogen-bond donors (Lipinski definition) is 1. The molecule has 1 saturated carbocycles. The van der Waals surface area contributed by atoms with Crippen LogP contribution in [-0.4, -0.2) is 24.2 Å². The fraction of sp³-hybridized carbons (Fsp3) is 0.632. The van der Waals surface area contributed by atoms with Crippen molar-refractivity contribution in [3.8, 4) is 11.5 Å². The molecule has 1 fully saturated rings. The highest BCUT2D eigenvalue weighted by Gasteiger charge is 2.32. The summed E-state index contributed by atoms with van der Waals surface area (Å²) in [4.78, 5) is 12.2. The van der Waals surface area contributed by atoms with E-state index in [1.165, 1.54) is 19.3 Å². The van der Waals surface area contributed by atoms with Gasteiger partial charge in [0, 0.05) is 18.0 Å². The molecule has 0 saturated heterocycles. The van der Waals surface area contributed by atoms with Gasteiger partial charge in [0.2, 0.25) is 0 Å². The van der Waals surface area contributed by atoms with Crippen molar-refractivity contribution in [3.05, 3.63) is 23.8 Å². The number of amides is 1. The molecular weight excluding hydrogens is 290 g/mol. The van der Waals surface area contributed by atoms with Gasteiger partial charge in [-0.3, -0.25) is 4.79 Å². The minimum atomic E-state index is -0.207. The van der Waals surface area contributed by atoms with Crippen LogP contribution < -0.4 is 14.8 Å². The van der Waals surface area contributed by atoms with Crippen molar-refractivity contribution < 1.29 is 14.3 Å². The average molecular weight is 317 g/mol. The maximum Gasteiger partial charge on any atom is 0.258 e. The first-order chi connectivity index (χ1) is 10.9. The van der Waals surface area contributed by atoms with E-state index in [-0.39, 0.29) is 24.2 Å². The van der Waals surface area contributed by atoms with Crippen molar-refractivity contribution in [2.24, 2.45) is 5.92 Å². The first kappa shape index (κ1) is 16.2. The Morgan fingerprint density at radius 2 is 2.13 bits per heavy atom. The molecule has 1 N–H and O–H groups in total. The van der Waals surface area contributed by atoms with Gasteiger partial charge in [0.05, 0.1) is 0 Å². The Kier molecular flexibility index (Phi) is 4.51. The minimum Gasteiger partial charge on any atom is -0.483 e. The van der Waals surface area contributed by atoms with Gasteiger partial charge in [-0.25, -0.2) is 0 Å². The van der Waals surface area contributed by atoms with Crippen molar-refractivity contribution in [1.29, 1.82) is 0 Å². The molecule has 1 aromatic carbocycles. The smallest absolute Gasteiger partial charge is 0.258 e. The average Bonchev–Trinajstić information content (AvgIpc) is 2.82. The van der Waals surface area contributed by atoms with Gasteiger partial charge in [0.15, 0.2) is 18.1 Å². The summed E-state index contributed by atoms with van der Waals surface area (Å²) in [6.07, 6.45) is 5.61. The van der Waals surface area contributed by atoms with Gasteiger partial charge in [-0.05, 0) is 38.7 Å². The number of para-hydroxylation sites is 1. The third kappa shape index (κ3) is 3.80. The van der Waals surface area contributed by atoms with Crippen LogP contribution >= 0.6 is 0 Å². The molecule has 1 amide bonds. The molecule has 126 valence electrons. The third-order valence-electron chi connectivity index (χ3n) is 4.87. The van der Waals surface area contributed by atoms with Crippen LogP contribution in [0.4, 0.5) is 0 Å². The topological polar surface area (TPSA) is 47.6 Å². The number of nitrogens with one attached hydrogen (secondary N) is 1. The maximum absolute atomic E-state index is 12.2. The van der Waals surface area contributed by atoms with Gasteiger partial charge in [-0.15, -0.1) is 0 Å². The van der Waals surface area contributed by atoms with E-state index in [1.807, 2.05) is 12.1 Å².